The van der Waals surface area contributed by atoms with Gasteiger partial charge in [-0.25, -0.2) is 13.1 Å². The summed E-state index contributed by atoms with van der Waals surface area (Å²) in [4.78, 5) is 13.7. The first-order chi connectivity index (χ1) is 9.76. The average Bonchev–Trinajstić information content (AvgIpc) is 2.72. The van der Waals surface area contributed by atoms with E-state index in [0.29, 0.717) is 6.42 Å². The van der Waals surface area contributed by atoms with Gasteiger partial charge in [-0.2, -0.15) is 0 Å². The van der Waals surface area contributed by atoms with Crippen LogP contribution in [0.5, 0.6) is 0 Å². The van der Waals surface area contributed by atoms with Gasteiger partial charge in [-0.05, 0) is 50.5 Å². The Bertz CT molecular complexity index is 655. The van der Waals surface area contributed by atoms with Crippen LogP contribution in [-0.2, 0) is 21.2 Å². The lowest BCUT2D eigenvalue weighted by Crippen LogP contribution is -2.33. The van der Waals surface area contributed by atoms with Crippen LogP contribution in [0.25, 0.3) is 0 Å². The minimum Gasteiger partial charge on any atom is -0.309 e. The molecule has 1 N–H and O–H groups in total. The van der Waals surface area contributed by atoms with Crippen LogP contribution in [0.15, 0.2) is 23.1 Å². The summed E-state index contributed by atoms with van der Waals surface area (Å²) < 4.78 is 27.3. The molecule has 0 unspecified atom stereocenters. The molecule has 0 aromatic heterocycles. The van der Waals surface area contributed by atoms with Crippen molar-refractivity contribution >= 4 is 21.6 Å². The molecule has 0 spiro atoms. The van der Waals surface area contributed by atoms with E-state index in [-0.39, 0.29) is 22.9 Å². The lowest BCUT2D eigenvalue weighted by atomic mass is 10.1. The second kappa shape index (κ2) is 5.77. The van der Waals surface area contributed by atoms with Crippen molar-refractivity contribution in [2.24, 2.45) is 0 Å². The van der Waals surface area contributed by atoms with Crippen LogP contribution in [0, 0.1) is 0 Å². The number of carbonyl (C=O) groups excluding carboxylic acids is 1. The molecule has 1 aromatic rings. The van der Waals surface area contributed by atoms with Gasteiger partial charge in [0.25, 0.3) is 0 Å². The van der Waals surface area contributed by atoms with Gasteiger partial charge >= 0.3 is 0 Å². The van der Waals surface area contributed by atoms with Gasteiger partial charge in [0.05, 0.1) is 4.90 Å². The van der Waals surface area contributed by atoms with E-state index in [9.17, 15) is 13.2 Å². The van der Waals surface area contributed by atoms with Gasteiger partial charge in [0.15, 0.2) is 0 Å². The van der Waals surface area contributed by atoms with Crippen molar-refractivity contribution in [2.45, 2.75) is 57.5 Å². The number of nitrogens with one attached hydrogen (secondary N) is 1. The first kappa shape index (κ1) is 16.0. The summed E-state index contributed by atoms with van der Waals surface area (Å²) in [5, 5.41) is 0. The summed E-state index contributed by atoms with van der Waals surface area (Å²) in [5.41, 5.74) is 1.72. The average molecular weight is 310 g/mol. The normalized spacial score (nSPS) is 19.4. The van der Waals surface area contributed by atoms with E-state index in [4.69, 9.17) is 0 Å². The van der Waals surface area contributed by atoms with Gasteiger partial charge in [0, 0.05) is 24.7 Å². The Labute approximate surface area is 126 Å². The number of sulfonamides is 1. The second-order valence-electron chi connectivity index (χ2n) is 5.66. The van der Waals surface area contributed by atoms with Gasteiger partial charge in [-0.1, -0.05) is 6.92 Å². The van der Waals surface area contributed by atoms with E-state index >= 15 is 0 Å². The Kier molecular flexibility index (Phi) is 4.39. The molecule has 1 heterocycles. The quantitative estimate of drug-likeness (QED) is 0.925. The fourth-order valence-electron chi connectivity index (χ4n) is 2.67. The number of anilines is 1. The maximum Gasteiger partial charge on any atom is 0.240 e. The molecule has 1 aliphatic rings. The number of carbonyl (C=O) groups is 1. The predicted molar refractivity (Wildman–Crippen MR) is 82.8 cm³/mol. The zero-order chi connectivity index (χ0) is 15.8. The Morgan fingerprint density at radius 1 is 1.48 bits per heavy atom. The summed E-state index contributed by atoms with van der Waals surface area (Å²) in [6, 6.07) is 4.94. The van der Waals surface area contributed by atoms with Gasteiger partial charge in [-0.15, -0.1) is 0 Å². The van der Waals surface area contributed by atoms with Gasteiger partial charge in [-0.3, -0.25) is 4.79 Å². The Hall–Kier alpha value is -1.40. The maximum atomic E-state index is 12.3. The summed E-state index contributed by atoms with van der Waals surface area (Å²) in [6.07, 6.45) is 1.42. The van der Waals surface area contributed by atoms with Gasteiger partial charge in [0.1, 0.15) is 0 Å². The van der Waals surface area contributed by atoms with Crippen LogP contribution in [0.4, 0.5) is 5.69 Å². The SMILES string of the molecule is CC[C@@H](C)NS(=O)(=O)c1ccc2c(c1)C[C@H](C)N2C(C)=O. The highest BCUT2D eigenvalue weighted by molar-refractivity contribution is 7.89. The van der Waals surface area contributed by atoms with Gasteiger partial charge < -0.3 is 4.90 Å². The van der Waals surface area contributed by atoms with Crippen molar-refractivity contribution in [3.63, 3.8) is 0 Å². The summed E-state index contributed by atoms with van der Waals surface area (Å²) in [6.45, 7) is 7.26. The highest BCUT2D eigenvalue weighted by Gasteiger charge is 2.30. The largest absolute Gasteiger partial charge is 0.309 e. The first-order valence-corrected chi connectivity index (χ1v) is 8.69. The van der Waals surface area contributed by atoms with Crippen molar-refractivity contribution in [3.8, 4) is 0 Å². The predicted octanol–water partition coefficient (Wildman–Crippen LogP) is 2.06. The zero-order valence-corrected chi connectivity index (χ0v) is 13.7. The van der Waals surface area contributed by atoms with E-state index in [1.54, 1.807) is 23.1 Å². The second-order valence-corrected chi connectivity index (χ2v) is 7.38. The maximum absolute atomic E-state index is 12.3. The Morgan fingerprint density at radius 2 is 2.14 bits per heavy atom. The van der Waals surface area contributed by atoms with E-state index in [0.717, 1.165) is 17.7 Å². The number of hydrogen-bond donors (Lipinski definition) is 1. The molecular weight excluding hydrogens is 288 g/mol. The first-order valence-electron chi connectivity index (χ1n) is 7.21. The molecule has 1 aliphatic heterocycles. The molecule has 0 fully saturated rings. The molecule has 0 aliphatic carbocycles. The van der Waals surface area contributed by atoms with Crippen molar-refractivity contribution in [2.75, 3.05) is 4.90 Å². The fourth-order valence-corrected chi connectivity index (χ4v) is 4.05. The highest BCUT2D eigenvalue weighted by atomic mass is 32.2. The van der Waals surface area contributed by atoms with Crippen LogP contribution < -0.4 is 9.62 Å². The monoisotopic (exact) mass is 310 g/mol. The van der Waals surface area contributed by atoms with Crippen molar-refractivity contribution < 1.29 is 13.2 Å². The molecule has 0 bridgehead atoms. The molecule has 1 aromatic carbocycles. The molecule has 0 saturated carbocycles. The van der Waals surface area contributed by atoms with Crippen LogP contribution >= 0.6 is 0 Å². The number of hydrogen-bond acceptors (Lipinski definition) is 3. The number of rotatable bonds is 4. The van der Waals surface area contributed by atoms with E-state index in [1.807, 2.05) is 20.8 Å². The number of fused-ring (bicyclic) bond motifs is 1. The third kappa shape index (κ3) is 3.11. The van der Waals surface area contributed by atoms with Crippen LogP contribution in [-0.4, -0.2) is 26.4 Å². The van der Waals surface area contributed by atoms with Crippen molar-refractivity contribution in [3.05, 3.63) is 23.8 Å². The van der Waals surface area contributed by atoms with E-state index in [2.05, 4.69) is 4.72 Å². The standard InChI is InChI=1S/C15H22N2O3S/c1-5-10(2)16-21(19,20)14-6-7-15-13(9-14)8-11(3)17(15)12(4)18/h6-7,9-11,16H,5,8H2,1-4H3/t10-,11+/m1/s1. The number of nitrogens with zero attached hydrogens (tertiary/aromatic N) is 1. The molecule has 21 heavy (non-hydrogen) atoms. The molecule has 6 heteroatoms. The molecular formula is C15H22N2O3S. The fraction of sp³-hybridized carbons (Fsp3) is 0.533. The summed E-state index contributed by atoms with van der Waals surface area (Å²) >= 11 is 0. The smallest absolute Gasteiger partial charge is 0.240 e. The number of amides is 1. The molecule has 2 rings (SSSR count). The molecule has 116 valence electrons. The topological polar surface area (TPSA) is 66.5 Å². The summed E-state index contributed by atoms with van der Waals surface area (Å²) in [7, 11) is -3.50. The molecule has 2 atom stereocenters. The van der Waals surface area contributed by atoms with E-state index < -0.39 is 10.0 Å². The number of benzene rings is 1. The Balaban J connectivity index is 2.36. The molecule has 1 amide bonds. The minimum atomic E-state index is -3.50. The molecule has 0 radical (unpaired) electrons. The lowest BCUT2D eigenvalue weighted by Gasteiger charge is -2.20. The van der Waals surface area contributed by atoms with E-state index in [1.165, 1.54) is 6.92 Å². The van der Waals surface area contributed by atoms with Crippen LogP contribution in [0.3, 0.4) is 0 Å². The zero-order valence-electron chi connectivity index (χ0n) is 12.9. The van der Waals surface area contributed by atoms with Crippen molar-refractivity contribution in [1.82, 2.24) is 4.72 Å². The Morgan fingerprint density at radius 3 is 2.71 bits per heavy atom. The summed E-state index contributed by atoms with van der Waals surface area (Å²) in [5.74, 6) is -0.0189. The highest BCUT2D eigenvalue weighted by Crippen LogP contribution is 2.33. The minimum absolute atomic E-state index is 0.0189. The third-order valence-corrected chi connectivity index (χ3v) is 5.47. The molecule has 0 saturated heterocycles. The van der Waals surface area contributed by atoms with Crippen molar-refractivity contribution in [1.29, 1.82) is 0 Å². The third-order valence-electron chi connectivity index (χ3n) is 3.88. The van der Waals surface area contributed by atoms with Crippen LogP contribution in [0.2, 0.25) is 0 Å². The molecule has 5 nitrogen and oxygen atoms in total. The van der Waals surface area contributed by atoms with Gasteiger partial charge in [0.2, 0.25) is 15.9 Å². The lowest BCUT2D eigenvalue weighted by molar-refractivity contribution is -0.116. The van der Waals surface area contributed by atoms with Crippen LogP contribution in [0.1, 0.15) is 39.7 Å².